The molecule has 4 heterocycles. The maximum atomic E-state index is 12.7. The van der Waals surface area contributed by atoms with Crippen molar-refractivity contribution in [3.63, 3.8) is 0 Å². The van der Waals surface area contributed by atoms with Crippen LogP contribution >= 0.6 is 11.3 Å². The number of carbonyl (C=O) groups excluding carboxylic acids is 3. The quantitative estimate of drug-likeness (QED) is 0.730. The third-order valence-electron chi connectivity index (χ3n) is 5.58. The fourth-order valence-corrected chi connectivity index (χ4v) is 5.16. The predicted octanol–water partition coefficient (Wildman–Crippen LogP) is 0.736. The molecule has 1 saturated heterocycles. The van der Waals surface area contributed by atoms with Crippen molar-refractivity contribution >= 4 is 39.3 Å². The fraction of sp³-hybridized carbons (Fsp3) is 0.526. The van der Waals surface area contributed by atoms with Crippen LogP contribution in [0.15, 0.2) is 4.79 Å². The number of amides is 2. The largest absolute Gasteiger partial charge is 0.451 e. The molecule has 0 spiro atoms. The molecule has 0 radical (unpaired) electrons. The van der Waals surface area contributed by atoms with Gasteiger partial charge < -0.3 is 15.4 Å². The zero-order chi connectivity index (χ0) is 20.7. The molecule has 2 aromatic heterocycles. The lowest BCUT2D eigenvalue weighted by Gasteiger charge is -2.33. The molecule has 2 N–H and O–H groups in total. The van der Waals surface area contributed by atoms with Crippen LogP contribution < -0.4 is 11.3 Å². The highest BCUT2D eigenvalue weighted by atomic mass is 32.1. The van der Waals surface area contributed by atoms with E-state index < -0.39 is 30.4 Å². The molecule has 0 unspecified atom stereocenters. The van der Waals surface area contributed by atoms with Crippen molar-refractivity contribution < 1.29 is 19.1 Å². The number of rotatable bonds is 4. The van der Waals surface area contributed by atoms with Gasteiger partial charge in [0.05, 0.1) is 5.39 Å². The van der Waals surface area contributed by atoms with Crippen LogP contribution in [0.2, 0.25) is 0 Å². The molecule has 154 valence electrons. The molecular formula is C19H22N4O5S. The Balaban J connectivity index is 1.52. The fourth-order valence-electron chi connectivity index (χ4n) is 4.07. The predicted molar refractivity (Wildman–Crippen MR) is 106 cm³/mol. The maximum absolute atomic E-state index is 12.7. The van der Waals surface area contributed by atoms with Gasteiger partial charge in [-0.15, -0.1) is 11.3 Å². The van der Waals surface area contributed by atoms with Crippen molar-refractivity contribution in [1.82, 2.24) is 14.5 Å². The van der Waals surface area contributed by atoms with Crippen molar-refractivity contribution in [2.75, 3.05) is 13.2 Å². The molecule has 2 amide bonds. The summed E-state index contributed by atoms with van der Waals surface area (Å²) in [6.45, 7) is 2.27. The number of hydrogen-bond acceptors (Lipinski definition) is 7. The van der Waals surface area contributed by atoms with Gasteiger partial charge in [-0.25, -0.2) is 9.78 Å². The van der Waals surface area contributed by atoms with E-state index in [0.29, 0.717) is 35.3 Å². The Labute approximate surface area is 170 Å². The Morgan fingerprint density at radius 3 is 2.79 bits per heavy atom. The van der Waals surface area contributed by atoms with E-state index in [1.165, 1.54) is 4.90 Å². The second-order valence-electron chi connectivity index (χ2n) is 7.40. The first-order valence-electron chi connectivity index (χ1n) is 9.67. The Bertz CT molecular complexity index is 1070. The van der Waals surface area contributed by atoms with E-state index in [2.05, 4.69) is 4.98 Å². The second-order valence-corrected chi connectivity index (χ2v) is 8.40. The second kappa shape index (κ2) is 7.58. The lowest BCUT2D eigenvalue weighted by Crippen LogP contribution is -2.51. The van der Waals surface area contributed by atoms with Crippen LogP contribution in [0.5, 0.6) is 0 Å². The van der Waals surface area contributed by atoms with Crippen LogP contribution in [-0.2, 0) is 27.3 Å². The molecule has 1 atom stereocenters. The molecule has 2 aliphatic heterocycles. The number of ether oxygens (including phenoxy) is 1. The van der Waals surface area contributed by atoms with Crippen molar-refractivity contribution in [2.24, 2.45) is 5.73 Å². The number of hydrogen-bond donors (Lipinski definition) is 1. The van der Waals surface area contributed by atoms with Gasteiger partial charge in [0.1, 0.15) is 21.6 Å². The lowest BCUT2D eigenvalue weighted by atomic mass is 10.0. The van der Waals surface area contributed by atoms with Gasteiger partial charge in [-0.1, -0.05) is 0 Å². The van der Waals surface area contributed by atoms with E-state index >= 15 is 0 Å². The molecule has 0 bridgehead atoms. The van der Waals surface area contributed by atoms with Gasteiger partial charge in [0.2, 0.25) is 5.91 Å². The molecule has 0 saturated carbocycles. The van der Waals surface area contributed by atoms with Crippen LogP contribution in [0.1, 0.15) is 46.7 Å². The first kappa shape index (κ1) is 19.6. The van der Waals surface area contributed by atoms with Gasteiger partial charge >= 0.3 is 5.97 Å². The number of thiophene rings is 1. The van der Waals surface area contributed by atoms with E-state index in [9.17, 15) is 19.2 Å². The summed E-state index contributed by atoms with van der Waals surface area (Å²) in [7, 11) is 0. The van der Waals surface area contributed by atoms with Gasteiger partial charge in [0.15, 0.2) is 6.61 Å². The molecular weight excluding hydrogens is 396 g/mol. The molecule has 1 fully saturated rings. The average Bonchev–Trinajstić information content (AvgIpc) is 3.31. The van der Waals surface area contributed by atoms with Crippen molar-refractivity contribution in [3.8, 4) is 0 Å². The minimum Gasteiger partial charge on any atom is -0.451 e. The number of nitrogens with zero attached hydrogens (tertiary/aromatic N) is 3. The number of carbonyl (C=O) groups is 3. The highest BCUT2D eigenvalue weighted by Crippen LogP contribution is 2.29. The number of esters is 1. The Morgan fingerprint density at radius 1 is 1.24 bits per heavy atom. The SMILES string of the molecule is Cc1c(C(=O)OCC(=O)N2CCCC[C@H]2C(N)=O)sc2nc3n(c(=O)c12)CCC3. The first-order valence-corrected chi connectivity index (χ1v) is 10.5. The van der Waals surface area contributed by atoms with Crippen LogP contribution in [-0.4, -0.2) is 51.4 Å². The zero-order valence-corrected chi connectivity index (χ0v) is 16.9. The third-order valence-corrected chi connectivity index (χ3v) is 6.74. The summed E-state index contributed by atoms with van der Waals surface area (Å²) in [6.07, 6.45) is 3.75. The zero-order valence-electron chi connectivity index (χ0n) is 16.1. The Kier molecular flexibility index (Phi) is 5.12. The number of aromatic nitrogens is 2. The van der Waals surface area contributed by atoms with Crippen LogP contribution in [0.3, 0.4) is 0 Å². The van der Waals surface area contributed by atoms with Gasteiger partial charge in [0, 0.05) is 19.5 Å². The van der Waals surface area contributed by atoms with E-state index in [1.54, 1.807) is 11.5 Å². The van der Waals surface area contributed by atoms with E-state index in [4.69, 9.17) is 10.5 Å². The Hall–Kier alpha value is -2.75. The molecule has 2 aromatic rings. The van der Waals surface area contributed by atoms with Gasteiger partial charge in [0.25, 0.3) is 11.5 Å². The van der Waals surface area contributed by atoms with E-state index in [1.807, 2.05) is 0 Å². The van der Waals surface area contributed by atoms with Crippen LogP contribution in [0.4, 0.5) is 0 Å². The van der Waals surface area contributed by atoms with Crippen LogP contribution in [0.25, 0.3) is 10.2 Å². The number of fused-ring (bicyclic) bond motifs is 2. The number of nitrogens with two attached hydrogens (primary N) is 1. The molecule has 4 rings (SSSR count). The molecule has 29 heavy (non-hydrogen) atoms. The minimum absolute atomic E-state index is 0.135. The smallest absolute Gasteiger partial charge is 0.349 e. The number of likely N-dealkylation sites (tertiary alicyclic amines) is 1. The summed E-state index contributed by atoms with van der Waals surface area (Å²) in [4.78, 5) is 56.1. The number of primary amides is 1. The van der Waals surface area contributed by atoms with E-state index in [-0.39, 0.29) is 10.4 Å². The summed E-state index contributed by atoms with van der Waals surface area (Å²) >= 11 is 1.11. The normalized spacial score (nSPS) is 18.7. The minimum atomic E-state index is -0.670. The summed E-state index contributed by atoms with van der Waals surface area (Å²) < 4.78 is 6.87. The van der Waals surface area contributed by atoms with Crippen molar-refractivity contribution in [3.05, 3.63) is 26.6 Å². The molecule has 9 nitrogen and oxygen atoms in total. The third kappa shape index (κ3) is 3.41. The topological polar surface area (TPSA) is 125 Å². The van der Waals surface area contributed by atoms with Gasteiger partial charge in [-0.2, -0.15) is 0 Å². The Morgan fingerprint density at radius 2 is 2.03 bits per heavy atom. The summed E-state index contributed by atoms with van der Waals surface area (Å²) in [5.74, 6) is -0.931. The van der Waals surface area contributed by atoms with Gasteiger partial charge in [-0.3, -0.25) is 19.0 Å². The molecule has 10 heteroatoms. The average molecular weight is 418 g/mol. The monoisotopic (exact) mass is 418 g/mol. The summed E-state index contributed by atoms with van der Waals surface area (Å²) in [5.41, 5.74) is 5.77. The summed E-state index contributed by atoms with van der Waals surface area (Å²) in [6, 6.07) is -0.660. The van der Waals surface area contributed by atoms with Crippen molar-refractivity contribution in [1.29, 1.82) is 0 Å². The number of piperidine rings is 1. The highest BCUT2D eigenvalue weighted by Gasteiger charge is 2.31. The van der Waals surface area contributed by atoms with E-state index in [0.717, 1.165) is 42.8 Å². The van der Waals surface area contributed by atoms with Gasteiger partial charge in [-0.05, 0) is 38.2 Å². The number of aryl methyl sites for hydroxylation is 2. The summed E-state index contributed by atoms with van der Waals surface area (Å²) in [5, 5.41) is 0.434. The van der Waals surface area contributed by atoms with Crippen LogP contribution in [0, 0.1) is 6.92 Å². The lowest BCUT2D eigenvalue weighted by molar-refractivity contribution is -0.143. The standard InChI is InChI=1S/C19H22N4O5S/c1-10-14-17(21-12-6-4-8-23(12)18(14)26)29-15(10)19(27)28-9-13(24)22-7-3-2-5-11(22)16(20)25/h11H,2-9H2,1H3,(H2,20,25)/t11-/m0/s1. The molecule has 0 aliphatic carbocycles. The van der Waals surface area contributed by atoms with Crippen molar-refractivity contribution in [2.45, 2.75) is 51.6 Å². The first-order chi connectivity index (χ1) is 13.9. The molecule has 2 aliphatic rings. The molecule has 0 aromatic carbocycles. The highest BCUT2D eigenvalue weighted by molar-refractivity contribution is 7.20. The maximum Gasteiger partial charge on any atom is 0.349 e.